The molecule has 0 aromatic carbocycles. The van der Waals surface area contributed by atoms with Crippen LogP contribution in [0.2, 0.25) is 0 Å². The molecule has 0 amide bonds. The Labute approximate surface area is 114 Å². The quantitative estimate of drug-likeness (QED) is 0.271. The van der Waals surface area contributed by atoms with Crippen molar-refractivity contribution in [3.05, 3.63) is 35.8 Å². The molecule has 0 spiro atoms. The zero-order valence-electron chi connectivity index (χ0n) is 10.6. The van der Waals surface area contributed by atoms with E-state index >= 15 is 0 Å². The molecule has 112 valence electrons. The van der Waals surface area contributed by atoms with E-state index in [1.54, 1.807) is 12.2 Å². The lowest BCUT2D eigenvalue weighted by Crippen LogP contribution is -2.31. The van der Waals surface area contributed by atoms with Gasteiger partial charge in [-0.05, 0) is 6.92 Å². The summed E-state index contributed by atoms with van der Waals surface area (Å²) in [5.74, 6) is -3.69. The molecule has 1 heterocycles. The highest BCUT2D eigenvalue weighted by atomic mass is 16.6. The summed E-state index contributed by atoms with van der Waals surface area (Å²) >= 11 is 0. The van der Waals surface area contributed by atoms with Crippen molar-refractivity contribution in [2.45, 2.75) is 19.1 Å². The number of carbonyl (C=O) groups is 2. The molecule has 8 nitrogen and oxygen atoms in total. The summed E-state index contributed by atoms with van der Waals surface area (Å²) in [5.41, 5.74) is 0. The van der Waals surface area contributed by atoms with Crippen molar-refractivity contribution in [3.8, 4) is 0 Å². The Hall–Kier alpha value is -2.32. The van der Waals surface area contributed by atoms with Gasteiger partial charge in [-0.2, -0.15) is 0 Å². The predicted octanol–water partition coefficient (Wildman–Crippen LogP) is -0.204. The Balaban J connectivity index is 0.000000396. The Morgan fingerprint density at radius 2 is 2.00 bits per heavy atom. The summed E-state index contributed by atoms with van der Waals surface area (Å²) in [6.07, 6.45) is 3.21. The van der Waals surface area contributed by atoms with Crippen LogP contribution in [0.1, 0.15) is 6.92 Å². The maximum atomic E-state index is 10.5. The van der Waals surface area contributed by atoms with Crippen LogP contribution in [0.5, 0.6) is 0 Å². The number of ether oxygens (including phenoxy) is 1. The van der Waals surface area contributed by atoms with Crippen molar-refractivity contribution in [2.24, 2.45) is 0 Å². The molecule has 1 aliphatic rings. The van der Waals surface area contributed by atoms with E-state index in [4.69, 9.17) is 25.5 Å². The molecule has 20 heavy (non-hydrogen) atoms. The van der Waals surface area contributed by atoms with E-state index in [2.05, 4.69) is 4.74 Å². The SMILES string of the molecule is C/C=C/C=C/C(=O)O.O=C1O[C@H](C(O)CO)C(O)=C1O. The van der Waals surface area contributed by atoms with Gasteiger partial charge in [-0.1, -0.05) is 18.2 Å². The number of aliphatic carboxylic acids is 1. The van der Waals surface area contributed by atoms with Crippen LogP contribution in [0.25, 0.3) is 0 Å². The van der Waals surface area contributed by atoms with Crippen LogP contribution in [-0.4, -0.2) is 56.3 Å². The summed E-state index contributed by atoms with van der Waals surface area (Å²) < 4.78 is 4.32. The van der Waals surface area contributed by atoms with Crippen LogP contribution in [0.3, 0.4) is 0 Å². The highest BCUT2D eigenvalue weighted by Crippen LogP contribution is 2.20. The summed E-state index contributed by atoms with van der Waals surface area (Å²) in [7, 11) is 0. The van der Waals surface area contributed by atoms with Crippen LogP contribution in [0, 0.1) is 0 Å². The Morgan fingerprint density at radius 1 is 1.40 bits per heavy atom. The highest BCUT2D eigenvalue weighted by Gasteiger charge is 2.38. The topological polar surface area (TPSA) is 145 Å². The zero-order valence-corrected chi connectivity index (χ0v) is 10.6. The van der Waals surface area contributed by atoms with Crippen molar-refractivity contribution in [1.29, 1.82) is 0 Å². The lowest BCUT2D eigenvalue weighted by atomic mass is 10.2. The predicted molar refractivity (Wildman–Crippen MR) is 66.8 cm³/mol. The smallest absolute Gasteiger partial charge is 0.377 e. The van der Waals surface area contributed by atoms with Gasteiger partial charge in [0.25, 0.3) is 0 Å². The van der Waals surface area contributed by atoms with Gasteiger partial charge in [0.2, 0.25) is 5.76 Å². The molecule has 0 aromatic rings. The van der Waals surface area contributed by atoms with Gasteiger partial charge < -0.3 is 30.3 Å². The minimum absolute atomic E-state index is 0.671. The normalized spacial score (nSPS) is 19.9. The zero-order chi connectivity index (χ0) is 15.7. The van der Waals surface area contributed by atoms with E-state index in [-0.39, 0.29) is 0 Å². The minimum atomic E-state index is -1.42. The van der Waals surface area contributed by atoms with E-state index in [0.29, 0.717) is 0 Å². The molecule has 8 heteroatoms. The number of cyclic esters (lactones) is 1. The van der Waals surface area contributed by atoms with Gasteiger partial charge in [-0.25, -0.2) is 9.59 Å². The van der Waals surface area contributed by atoms with E-state index < -0.39 is 42.3 Å². The van der Waals surface area contributed by atoms with Gasteiger partial charge in [0.05, 0.1) is 6.61 Å². The summed E-state index contributed by atoms with van der Waals surface area (Å²) in [6, 6.07) is 0. The number of carbonyl (C=O) groups excluding carboxylic acids is 1. The summed E-state index contributed by atoms with van der Waals surface area (Å²) in [5, 5.41) is 43.1. The molecule has 0 saturated heterocycles. The summed E-state index contributed by atoms with van der Waals surface area (Å²) in [4.78, 5) is 20.3. The highest BCUT2D eigenvalue weighted by molar-refractivity contribution is 5.89. The first-order valence-electron chi connectivity index (χ1n) is 5.49. The van der Waals surface area contributed by atoms with Crippen LogP contribution in [0.15, 0.2) is 35.8 Å². The first kappa shape index (κ1) is 17.7. The van der Waals surface area contributed by atoms with Crippen LogP contribution in [-0.2, 0) is 14.3 Å². The molecule has 0 radical (unpaired) electrons. The second kappa shape index (κ2) is 8.73. The maximum absolute atomic E-state index is 10.5. The van der Waals surface area contributed by atoms with E-state index in [1.807, 2.05) is 6.92 Å². The van der Waals surface area contributed by atoms with Gasteiger partial charge in [-0.3, -0.25) is 0 Å². The number of carboxylic acid groups (broad SMARTS) is 1. The fraction of sp³-hybridized carbons (Fsp3) is 0.333. The molecule has 0 aromatic heterocycles. The van der Waals surface area contributed by atoms with Gasteiger partial charge in [0, 0.05) is 6.08 Å². The number of carboxylic acids is 1. The molecular weight excluding hydrogens is 272 g/mol. The van der Waals surface area contributed by atoms with E-state index in [0.717, 1.165) is 6.08 Å². The third-order valence-corrected chi connectivity index (χ3v) is 2.02. The van der Waals surface area contributed by atoms with Crippen molar-refractivity contribution < 1.29 is 39.9 Å². The Morgan fingerprint density at radius 3 is 2.35 bits per heavy atom. The number of esters is 1. The summed E-state index contributed by atoms with van der Waals surface area (Å²) in [6.45, 7) is 1.15. The molecule has 2 atom stereocenters. The van der Waals surface area contributed by atoms with Crippen LogP contribution >= 0.6 is 0 Å². The van der Waals surface area contributed by atoms with Crippen LogP contribution < -0.4 is 0 Å². The van der Waals surface area contributed by atoms with E-state index in [1.165, 1.54) is 6.08 Å². The third kappa shape index (κ3) is 5.55. The van der Waals surface area contributed by atoms with E-state index in [9.17, 15) is 9.59 Å². The number of aliphatic hydroxyl groups is 4. The second-order valence-electron chi connectivity index (χ2n) is 3.53. The monoisotopic (exact) mass is 288 g/mol. The standard InChI is InChI=1S/C6H8O6.C6H8O2/c7-1-2(8)5-3(9)4(10)6(11)12-5;1-2-3-4-5-6(7)8/h2,5,7-10H,1H2;2-5H,1H3,(H,7,8)/b;3-2+,5-4+/t2?,5-;/m1./s1. The van der Waals surface area contributed by atoms with Crippen molar-refractivity contribution in [1.82, 2.24) is 0 Å². The first-order valence-corrected chi connectivity index (χ1v) is 5.49. The molecule has 0 aliphatic carbocycles. The van der Waals surface area contributed by atoms with Crippen molar-refractivity contribution >= 4 is 11.9 Å². The molecule has 0 bridgehead atoms. The lowest BCUT2D eigenvalue weighted by molar-refractivity contribution is -0.147. The fourth-order valence-electron chi connectivity index (χ4n) is 1.07. The molecule has 5 N–H and O–H groups in total. The number of rotatable bonds is 4. The average Bonchev–Trinajstić information content (AvgIpc) is 2.66. The molecule has 1 aliphatic heterocycles. The molecular formula is C12H16O8. The van der Waals surface area contributed by atoms with Crippen molar-refractivity contribution in [3.63, 3.8) is 0 Å². The first-order chi connectivity index (χ1) is 9.34. The Kier molecular flexibility index (Phi) is 7.71. The molecule has 0 saturated carbocycles. The molecule has 1 unspecified atom stereocenters. The third-order valence-electron chi connectivity index (χ3n) is 2.02. The van der Waals surface area contributed by atoms with Gasteiger partial charge >= 0.3 is 11.9 Å². The average molecular weight is 288 g/mol. The number of allylic oxidation sites excluding steroid dienone is 3. The second-order valence-corrected chi connectivity index (χ2v) is 3.53. The number of aliphatic hydroxyl groups excluding tert-OH is 4. The maximum Gasteiger partial charge on any atom is 0.377 e. The fourth-order valence-corrected chi connectivity index (χ4v) is 1.07. The molecule has 1 rings (SSSR count). The van der Waals surface area contributed by atoms with Crippen molar-refractivity contribution in [2.75, 3.05) is 6.61 Å². The number of hydrogen-bond donors (Lipinski definition) is 5. The number of hydrogen-bond acceptors (Lipinski definition) is 7. The lowest BCUT2D eigenvalue weighted by Gasteiger charge is -2.13. The Bertz CT molecular complexity index is 435. The van der Waals surface area contributed by atoms with Gasteiger partial charge in [0.15, 0.2) is 11.9 Å². The van der Waals surface area contributed by atoms with Gasteiger partial charge in [-0.15, -0.1) is 0 Å². The minimum Gasteiger partial charge on any atom is -0.505 e. The molecule has 0 fully saturated rings. The largest absolute Gasteiger partial charge is 0.505 e. The van der Waals surface area contributed by atoms with Crippen LogP contribution in [0.4, 0.5) is 0 Å². The van der Waals surface area contributed by atoms with Gasteiger partial charge in [0.1, 0.15) is 6.10 Å².